The normalized spacial score (nSPS) is 23.9. The fourth-order valence-electron chi connectivity index (χ4n) is 2.56. The van der Waals surface area contributed by atoms with E-state index in [4.69, 9.17) is 4.74 Å². The van der Waals surface area contributed by atoms with Crippen LogP contribution in [0.1, 0.15) is 45.2 Å². The zero-order valence-corrected chi connectivity index (χ0v) is 11.5. The van der Waals surface area contributed by atoms with Crippen LogP contribution in [0.3, 0.4) is 0 Å². The largest absolute Gasteiger partial charge is 0.490 e. The summed E-state index contributed by atoms with van der Waals surface area (Å²) in [5.41, 5.74) is 1.05. The molecular weight excluding hydrogens is 224 g/mol. The third-order valence-corrected chi connectivity index (χ3v) is 3.54. The van der Waals surface area contributed by atoms with Crippen molar-refractivity contribution in [2.75, 3.05) is 6.54 Å². The van der Waals surface area contributed by atoms with Crippen LogP contribution in [0.2, 0.25) is 0 Å². The van der Waals surface area contributed by atoms with Gasteiger partial charge >= 0.3 is 0 Å². The molecule has 100 valence electrons. The van der Waals surface area contributed by atoms with E-state index in [-0.39, 0.29) is 0 Å². The van der Waals surface area contributed by atoms with Gasteiger partial charge in [0, 0.05) is 18.8 Å². The quantitative estimate of drug-likeness (QED) is 0.869. The first-order valence-corrected chi connectivity index (χ1v) is 7.10. The summed E-state index contributed by atoms with van der Waals surface area (Å²) in [5, 5.41) is 3.28. The fourth-order valence-corrected chi connectivity index (χ4v) is 2.56. The van der Waals surface area contributed by atoms with E-state index in [1.807, 2.05) is 12.3 Å². The molecule has 3 nitrogen and oxygen atoms in total. The number of hydrogen-bond acceptors (Lipinski definition) is 3. The number of nitrogens with one attached hydrogen (secondary N) is 1. The zero-order chi connectivity index (χ0) is 12.8. The van der Waals surface area contributed by atoms with Gasteiger partial charge in [-0.2, -0.15) is 0 Å². The zero-order valence-electron chi connectivity index (χ0n) is 11.5. The molecule has 0 saturated heterocycles. The highest BCUT2D eigenvalue weighted by Gasteiger charge is 2.20. The molecule has 2 atom stereocenters. The maximum Gasteiger partial charge on any atom is 0.123 e. The van der Waals surface area contributed by atoms with Crippen LogP contribution < -0.4 is 10.1 Å². The van der Waals surface area contributed by atoms with Crippen molar-refractivity contribution in [1.82, 2.24) is 10.3 Å². The maximum atomic E-state index is 6.08. The van der Waals surface area contributed by atoms with Gasteiger partial charge in [0.1, 0.15) is 5.75 Å². The SMILES string of the molecule is CCNCc1cc(OC2CCCC(C)C2)ccn1. The third-order valence-electron chi connectivity index (χ3n) is 3.54. The van der Waals surface area contributed by atoms with Crippen LogP contribution in [0.4, 0.5) is 0 Å². The molecule has 1 saturated carbocycles. The van der Waals surface area contributed by atoms with Crippen molar-refractivity contribution < 1.29 is 4.74 Å². The second-order valence-electron chi connectivity index (χ2n) is 5.27. The predicted molar refractivity (Wildman–Crippen MR) is 73.7 cm³/mol. The highest BCUT2D eigenvalue weighted by molar-refractivity contribution is 5.23. The Morgan fingerprint density at radius 1 is 1.44 bits per heavy atom. The van der Waals surface area contributed by atoms with Crippen LogP contribution in [0.15, 0.2) is 18.3 Å². The lowest BCUT2D eigenvalue weighted by atomic mass is 9.89. The first kappa shape index (κ1) is 13.3. The molecule has 1 N–H and O–H groups in total. The topological polar surface area (TPSA) is 34.1 Å². The van der Waals surface area contributed by atoms with E-state index in [9.17, 15) is 0 Å². The van der Waals surface area contributed by atoms with E-state index >= 15 is 0 Å². The van der Waals surface area contributed by atoms with Gasteiger partial charge in [-0.25, -0.2) is 0 Å². The number of ether oxygens (including phenoxy) is 1. The minimum absolute atomic E-state index is 0.392. The smallest absolute Gasteiger partial charge is 0.123 e. The van der Waals surface area contributed by atoms with E-state index in [0.29, 0.717) is 6.10 Å². The van der Waals surface area contributed by atoms with Gasteiger partial charge < -0.3 is 10.1 Å². The minimum Gasteiger partial charge on any atom is -0.490 e. The van der Waals surface area contributed by atoms with E-state index in [2.05, 4.69) is 30.2 Å². The van der Waals surface area contributed by atoms with E-state index in [1.165, 1.54) is 25.7 Å². The van der Waals surface area contributed by atoms with Crippen molar-refractivity contribution in [3.05, 3.63) is 24.0 Å². The Hall–Kier alpha value is -1.09. The van der Waals surface area contributed by atoms with Crippen molar-refractivity contribution in [2.24, 2.45) is 5.92 Å². The van der Waals surface area contributed by atoms with E-state index < -0.39 is 0 Å². The molecular formula is C15H24N2O. The van der Waals surface area contributed by atoms with Gasteiger partial charge in [-0.05, 0) is 37.8 Å². The average molecular weight is 248 g/mol. The Balaban J connectivity index is 1.91. The molecule has 0 aromatic carbocycles. The third kappa shape index (κ3) is 3.98. The Morgan fingerprint density at radius 2 is 2.33 bits per heavy atom. The number of nitrogens with zero attached hydrogens (tertiary/aromatic N) is 1. The Morgan fingerprint density at radius 3 is 3.11 bits per heavy atom. The molecule has 1 aromatic rings. The molecule has 0 radical (unpaired) electrons. The number of hydrogen-bond donors (Lipinski definition) is 1. The number of aromatic nitrogens is 1. The molecule has 1 heterocycles. The molecule has 0 spiro atoms. The second kappa shape index (κ2) is 6.74. The summed E-state index contributed by atoms with van der Waals surface area (Å²) in [5.74, 6) is 1.77. The number of rotatable bonds is 5. The summed E-state index contributed by atoms with van der Waals surface area (Å²) in [7, 11) is 0. The summed E-state index contributed by atoms with van der Waals surface area (Å²) >= 11 is 0. The Labute approximate surface area is 110 Å². The second-order valence-corrected chi connectivity index (χ2v) is 5.27. The van der Waals surface area contributed by atoms with Crippen LogP contribution >= 0.6 is 0 Å². The molecule has 0 aliphatic heterocycles. The molecule has 1 aliphatic carbocycles. The Kier molecular flexibility index (Phi) is 5.00. The molecule has 3 heteroatoms. The lowest BCUT2D eigenvalue weighted by Crippen LogP contribution is -2.24. The highest BCUT2D eigenvalue weighted by Crippen LogP contribution is 2.27. The van der Waals surface area contributed by atoms with Crippen LogP contribution in [0.5, 0.6) is 5.75 Å². The van der Waals surface area contributed by atoms with Gasteiger partial charge in [-0.15, -0.1) is 0 Å². The fraction of sp³-hybridized carbons (Fsp3) is 0.667. The van der Waals surface area contributed by atoms with Crippen molar-refractivity contribution in [2.45, 2.75) is 52.2 Å². The van der Waals surface area contributed by atoms with Crippen molar-refractivity contribution in [3.63, 3.8) is 0 Å². The highest BCUT2D eigenvalue weighted by atomic mass is 16.5. The van der Waals surface area contributed by atoms with Gasteiger partial charge in [0.2, 0.25) is 0 Å². The molecule has 2 rings (SSSR count). The summed E-state index contributed by atoms with van der Waals surface area (Å²) in [6.07, 6.45) is 7.25. The van der Waals surface area contributed by atoms with Crippen molar-refractivity contribution >= 4 is 0 Å². The van der Waals surface area contributed by atoms with Gasteiger partial charge in [-0.3, -0.25) is 4.98 Å². The minimum atomic E-state index is 0.392. The predicted octanol–water partition coefficient (Wildman–Crippen LogP) is 3.15. The standard InChI is InChI=1S/C15H24N2O/c1-3-16-11-13-10-15(7-8-17-13)18-14-6-4-5-12(2)9-14/h7-8,10,12,14,16H,3-6,9,11H2,1-2H3. The van der Waals surface area contributed by atoms with Gasteiger partial charge in [0.25, 0.3) is 0 Å². The van der Waals surface area contributed by atoms with Crippen LogP contribution in [-0.4, -0.2) is 17.6 Å². The molecule has 1 aromatic heterocycles. The first-order valence-electron chi connectivity index (χ1n) is 7.10. The van der Waals surface area contributed by atoms with Crippen molar-refractivity contribution in [1.29, 1.82) is 0 Å². The summed E-state index contributed by atoms with van der Waals surface area (Å²) in [4.78, 5) is 4.34. The van der Waals surface area contributed by atoms with Gasteiger partial charge in [0.15, 0.2) is 0 Å². The lowest BCUT2D eigenvalue weighted by molar-refractivity contribution is 0.129. The van der Waals surface area contributed by atoms with Crippen LogP contribution in [0, 0.1) is 5.92 Å². The first-order chi connectivity index (χ1) is 8.78. The van der Waals surface area contributed by atoms with Crippen molar-refractivity contribution in [3.8, 4) is 5.75 Å². The summed E-state index contributed by atoms with van der Waals surface area (Å²) in [6, 6.07) is 4.02. The van der Waals surface area contributed by atoms with E-state index in [1.54, 1.807) is 0 Å². The lowest BCUT2D eigenvalue weighted by Gasteiger charge is -2.27. The summed E-state index contributed by atoms with van der Waals surface area (Å²) < 4.78 is 6.08. The van der Waals surface area contributed by atoms with Crippen LogP contribution in [0.25, 0.3) is 0 Å². The molecule has 0 bridgehead atoms. The maximum absolute atomic E-state index is 6.08. The molecule has 0 amide bonds. The number of pyridine rings is 1. The monoisotopic (exact) mass is 248 g/mol. The molecule has 1 aliphatic rings. The van der Waals surface area contributed by atoms with Crippen LogP contribution in [-0.2, 0) is 6.54 Å². The molecule has 2 unspecified atom stereocenters. The van der Waals surface area contributed by atoms with Gasteiger partial charge in [-0.1, -0.05) is 20.3 Å². The molecule has 1 fully saturated rings. The average Bonchev–Trinajstić information content (AvgIpc) is 2.37. The van der Waals surface area contributed by atoms with E-state index in [0.717, 1.165) is 30.5 Å². The summed E-state index contributed by atoms with van der Waals surface area (Å²) in [6.45, 7) is 6.20. The van der Waals surface area contributed by atoms with Gasteiger partial charge in [0.05, 0.1) is 11.8 Å². The Bertz CT molecular complexity index is 367. The molecule has 18 heavy (non-hydrogen) atoms.